The summed E-state index contributed by atoms with van der Waals surface area (Å²) in [5, 5.41) is 2.95. The number of rotatable bonds is 8. The summed E-state index contributed by atoms with van der Waals surface area (Å²) in [5.74, 6) is 2.67. The first-order valence-electron chi connectivity index (χ1n) is 10.8. The number of piperidine rings is 1. The van der Waals surface area contributed by atoms with Crippen molar-refractivity contribution in [3.8, 4) is 17.2 Å². The highest BCUT2D eigenvalue weighted by Crippen LogP contribution is 2.38. The molecule has 0 bridgehead atoms. The molecule has 2 unspecified atom stereocenters. The molecule has 1 N–H and O–H groups in total. The van der Waals surface area contributed by atoms with E-state index in [0.29, 0.717) is 22.8 Å². The third kappa shape index (κ3) is 5.70. The number of methoxy groups -OCH3 is 3. The Morgan fingerprint density at radius 3 is 2.26 bits per heavy atom. The number of benzene rings is 2. The van der Waals surface area contributed by atoms with Crippen LogP contribution in [-0.2, 0) is 6.42 Å². The Hall–Kier alpha value is -2.73. The number of hydrogen-bond donors (Lipinski definition) is 1. The van der Waals surface area contributed by atoms with Crippen LogP contribution in [0.15, 0.2) is 36.4 Å². The molecule has 3 rings (SSSR count). The molecule has 0 spiro atoms. The summed E-state index contributed by atoms with van der Waals surface area (Å²) in [7, 11) is 6.81. The molecule has 0 aromatic heterocycles. The highest BCUT2D eigenvalue weighted by atomic mass is 16.5. The Balaban J connectivity index is 1.61. The molecule has 31 heavy (non-hydrogen) atoms. The van der Waals surface area contributed by atoms with Crippen molar-refractivity contribution < 1.29 is 19.0 Å². The third-order valence-corrected chi connectivity index (χ3v) is 6.23. The van der Waals surface area contributed by atoms with E-state index in [4.69, 9.17) is 14.2 Å². The van der Waals surface area contributed by atoms with Gasteiger partial charge in [-0.15, -0.1) is 0 Å². The van der Waals surface area contributed by atoms with Crippen LogP contribution >= 0.6 is 0 Å². The van der Waals surface area contributed by atoms with Crippen LogP contribution in [0.25, 0.3) is 0 Å². The highest BCUT2D eigenvalue weighted by molar-refractivity contribution is 6.05. The van der Waals surface area contributed by atoms with Crippen molar-refractivity contribution >= 4 is 11.6 Å². The third-order valence-electron chi connectivity index (χ3n) is 6.23. The number of ether oxygens (including phenoxy) is 3. The number of hydrogen-bond acceptors (Lipinski definition) is 5. The summed E-state index contributed by atoms with van der Waals surface area (Å²) < 4.78 is 16.0. The van der Waals surface area contributed by atoms with Gasteiger partial charge in [0.2, 0.25) is 5.75 Å². The number of aryl methyl sites for hydroxylation is 1. The zero-order valence-corrected chi connectivity index (χ0v) is 19.2. The van der Waals surface area contributed by atoms with Crippen LogP contribution in [0.4, 0.5) is 5.69 Å². The van der Waals surface area contributed by atoms with Crippen LogP contribution in [0.1, 0.15) is 35.7 Å². The van der Waals surface area contributed by atoms with E-state index in [0.717, 1.165) is 23.9 Å². The molecule has 1 heterocycles. The summed E-state index contributed by atoms with van der Waals surface area (Å²) in [6.45, 7) is 4.75. The highest BCUT2D eigenvalue weighted by Gasteiger charge is 2.23. The Labute approximate surface area is 185 Å². The average Bonchev–Trinajstić information content (AvgIpc) is 2.78. The Morgan fingerprint density at radius 2 is 1.71 bits per heavy atom. The summed E-state index contributed by atoms with van der Waals surface area (Å²) in [4.78, 5) is 15.2. The summed E-state index contributed by atoms with van der Waals surface area (Å²) in [6.07, 6.45) is 3.56. The maximum Gasteiger partial charge on any atom is 0.255 e. The van der Waals surface area contributed by atoms with Gasteiger partial charge in [0.1, 0.15) is 0 Å². The fourth-order valence-electron chi connectivity index (χ4n) is 4.35. The van der Waals surface area contributed by atoms with Gasteiger partial charge in [-0.05, 0) is 74.5 Å². The smallest absolute Gasteiger partial charge is 0.255 e. The minimum Gasteiger partial charge on any atom is -0.493 e. The second kappa shape index (κ2) is 10.5. The van der Waals surface area contributed by atoms with Gasteiger partial charge in [-0.3, -0.25) is 4.79 Å². The normalized spacial score (nSPS) is 19.0. The number of nitrogens with one attached hydrogen (secondary N) is 1. The first kappa shape index (κ1) is 22.9. The lowest BCUT2D eigenvalue weighted by atomic mass is 9.83. The zero-order chi connectivity index (χ0) is 22.4. The lowest BCUT2D eigenvalue weighted by Crippen LogP contribution is -2.36. The molecule has 2 aromatic carbocycles. The Bertz CT molecular complexity index is 857. The van der Waals surface area contributed by atoms with Crippen LogP contribution < -0.4 is 19.5 Å². The summed E-state index contributed by atoms with van der Waals surface area (Å²) >= 11 is 0. The molecule has 1 aliphatic rings. The molecule has 168 valence electrons. The Kier molecular flexibility index (Phi) is 7.80. The SMILES string of the molecule is COc1cc(C(=O)Nc2ccc(CCC3CCN(C)CC3C)cc2)cc(OC)c1OC. The van der Waals surface area contributed by atoms with E-state index in [1.165, 1.54) is 52.8 Å². The first-order valence-corrected chi connectivity index (χ1v) is 10.8. The monoisotopic (exact) mass is 426 g/mol. The molecule has 1 aliphatic heterocycles. The van der Waals surface area contributed by atoms with Crippen LogP contribution in [0, 0.1) is 11.8 Å². The van der Waals surface area contributed by atoms with Crippen molar-refractivity contribution in [2.45, 2.75) is 26.2 Å². The number of likely N-dealkylation sites (tertiary alicyclic amines) is 1. The van der Waals surface area contributed by atoms with Gasteiger partial charge >= 0.3 is 0 Å². The summed E-state index contributed by atoms with van der Waals surface area (Å²) in [6, 6.07) is 11.4. The predicted octanol–water partition coefficient (Wildman–Crippen LogP) is 4.49. The largest absolute Gasteiger partial charge is 0.493 e. The van der Waals surface area contributed by atoms with E-state index in [1.54, 1.807) is 12.1 Å². The van der Waals surface area contributed by atoms with Gasteiger partial charge in [-0.25, -0.2) is 0 Å². The number of carbonyl (C=O) groups is 1. The van der Waals surface area contributed by atoms with Crippen molar-refractivity contribution in [3.05, 3.63) is 47.5 Å². The van der Waals surface area contributed by atoms with Gasteiger partial charge in [-0.2, -0.15) is 0 Å². The summed E-state index contributed by atoms with van der Waals surface area (Å²) in [5.41, 5.74) is 2.50. The van der Waals surface area contributed by atoms with Crippen molar-refractivity contribution in [3.63, 3.8) is 0 Å². The second-order valence-electron chi connectivity index (χ2n) is 8.39. The molecular formula is C25H34N2O4. The maximum absolute atomic E-state index is 12.8. The van der Waals surface area contributed by atoms with Gasteiger partial charge in [0.05, 0.1) is 21.3 Å². The topological polar surface area (TPSA) is 60.0 Å². The van der Waals surface area contributed by atoms with E-state index < -0.39 is 0 Å². The first-order chi connectivity index (χ1) is 14.9. The molecule has 0 saturated carbocycles. The van der Waals surface area contributed by atoms with Crippen LogP contribution in [0.5, 0.6) is 17.2 Å². The van der Waals surface area contributed by atoms with Gasteiger partial charge < -0.3 is 24.4 Å². The van der Waals surface area contributed by atoms with Gasteiger partial charge in [0.25, 0.3) is 5.91 Å². The quantitative estimate of drug-likeness (QED) is 0.674. The number of amides is 1. The van der Waals surface area contributed by atoms with Crippen LogP contribution in [0.2, 0.25) is 0 Å². The molecular weight excluding hydrogens is 392 g/mol. The molecule has 0 radical (unpaired) electrons. The molecule has 0 aliphatic carbocycles. The van der Waals surface area contributed by atoms with Gasteiger partial charge in [0, 0.05) is 17.8 Å². The molecule has 6 heteroatoms. The van der Waals surface area contributed by atoms with Crippen molar-refractivity contribution in [2.24, 2.45) is 11.8 Å². The fraction of sp³-hybridized carbons (Fsp3) is 0.480. The van der Waals surface area contributed by atoms with E-state index >= 15 is 0 Å². The van der Waals surface area contributed by atoms with E-state index in [-0.39, 0.29) is 5.91 Å². The second-order valence-corrected chi connectivity index (χ2v) is 8.39. The predicted molar refractivity (Wildman–Crippen MR) is 124 cm³/mol. The molecule has 1 fully saturated rings. The van der Waals surface area contributed by atoms with Crippen LogP contribution in [0.3, 0.4) is 0 Å². The van der Waals surface area contributed by atoms with E-state index in [1.807, 2.05) is 12.1 Å². The number of carbonyl (C=O) groups excluding carboxylic acids is 1. The van der Waals surface area contributed by atoms with Crippen molar-refractivity contribution in [1.82, 2.24) is 4.90 Å². The average molecular weight is 427 g/mol. The fourth-order valence-corrected chi connectivity index (χ4v) is 4.35. The lowest BCUT2D eigenvalue weighted by molar-refractivity contribution is 0.102. The zero-order valence-electron chi connectivity index (χ0n) is 19.2. The van der Waals surface area contributed by atoms with E-state index in [9.17, 15) is 4.79 Å². The molecule has 1 amide bonds. The minimum atomic E-state index is -0.229. The van der Waals surface area contributed by atoms with Gasteiger partial charge in [-0.1, -0.05) is 19.1 Å². The number of anilines is 1. The molecule has 6 nitrogen and oxygen atoms in total. The maximum atomic E-state index is 12.8. The minimum absolute atomic E-state index is 0.229. The lowest BCUT2D eigenvalue weighted by Gasteiger charge is -2.34. The van der Waals surface area contributed by atoms with Crippen LogP contribution in [-0.4, -0.2) is 52.3 Å². The van der Waals surface area contributed by atoms with Crippen molar-refractivity contribution in [1.29, 1.82) is 0 Å². The van der Waals surface area contributed by atoms with Gasteiger partial charge in [0.15, 0.2) is 11.5 Å². The molecule has 2 aromatic rings. The standard InChI is InChI=1S/C25H34N2O4/c1-17-16-27(2)13-12-19(17)9-6-18-7-10-21(11-8-18)26-25(28)20-14-22(29-3)24(31-5)23(15-20)30-4/h7-8,10-11,14-15,17,19H,6,9,12-13,16H2,1-5H3,(H,26,28). The Morgan fingerprint density at radius 1 is 1.06 bits per heavy atom. The molecule has 1 saturated heterocycles. The van der Waals surface area contributed by atoms with E-state index in [2.05, 4.69) is 36.3 Å². The number of nitrogens with zero attached hydrogens (tertiary/aromatic N) is 1. The molecule has 2 atom stereocenters. The van der Waals surface area contributed by atoms with Crippen molar-refractivity contribution in [2.75, 3.05) is 46.8 Å².